The average Bonchev–Trinajstić information content (AvgIpc) is 2.90. The van der Waals surface area contributed by atoms with Gasteiger partial charge in [0, 0.05) is 10.1 Å². The lowest BCUT2D eigenvalue weighted by Crippen LogP contribution is -1.96. The smallest absolute Gasteiger partial charge is 0.348 e. The summed E-state index contributed by atoms with van der Waals surface area (Å²) >= 11 is 1.47. The van der Waals surface area contributed by atoms with Crippen LogP contribution in [-0.4, -0.2) is 13.1 Å². The number of fused-ring (bicyclic) bond motifs is 1. The number of rotatable bonds is 2. The van der Waals surface area contributed by atoms with Crippen LogP contribution in [0, 0.1) is 6.92 Å². The summed E-state index contributed by atoms with van der Waals surface area (Å²) < 4.78 is 5.90. The normalized spacial score (nSPS) is 10.7. The van der Waals surface area contributed by atoms with Crippen LogP contribution < -0.4 is 0 Å². The number of ether oxygens (including phenoxy) is 1. The maximum absolute atomic E-state index is 11.7. The van der Waals surface area contributed by atoms with Crippen LogP contribution in [-0.2, 0) is 4.74 Å². The molecule has 0 saturated heterocycles. The molecule has 1 heterocycles. The molecule has 0 radical (unpaired) electrons. The first-order valence-electron chi connectivity index (χ1n) is 6.37. The van der Waals surface area contributed by atoms with Gasteiger partial charge in [-0.05, 0) is 30.2 Å². The molecule has 0 spiro atoms. The van der Waals surface area contributed by atoms with E-state index in [4.69, 9.17) is 4.74 Å². The second-order valence-electron chi connectivity index (χ2n) is 4.69. The van der Waals surface area contributed by atoms with Gasteiger partial charge in [-0.1, -0.05) is 42.0 Å². The molecule has 0 unspecified atom stereocenters. The molecule has 100 valence electrons. The number of aryl methyl sites for hydroxylation is 1. The second kappa shape index (κ2) is 5.10. The number of thiophene rings is 1. The van der Waals surface area contributed by atoms with Crippen molar-refractivity contribution in [1.82, 2.24) is 0 Å². The molecule has 0 bridgehead atoms. The highest BCUT2D eigenvalue weighted by Gasteiger charge is 2.13. The number of benzene rings is 2. The van der Waals surface area contributed by atoms with E-state index in [2.05, 4.69) is 37.3 Å². The van der Waals surface area contributed by atoms with Gasteiger partial charge in [0.05, 0.1) is 7.11 Å². The quantitative estimate of drug-likeness (QED) is 0.639. The summed E-state index contributed by atoms with van der Waals surface area (Å²) in [4.78, 5) is 12.3. The van der Waals surface area contributed by atoms with Crippen LogP contribution in [0.3, 0.4) is 0 Å². The largest absolute Gasteiger partial charge is 0.465 e. The van der Waals surface area contributed by atoms with Crippen molar-refractivity contribution in [2.24, 2.45) is 0 Å². The Morgan fingerprint density at radius 1 is 1.10 bits per heavy atom. The molecule has 3 rings (SSSR count). The first kappa shape index (κ1) is 12.9. The van der Waals surface area contributed by atoms with Crippen molar-refractivity contribution in [3.05, 3.63) is 59.0 Å². The van der Waals surface area contributed by atoms with Gasteiger partial charge < -0.3 is 4.74 Å². The molecule has 0 saturated carbocycles. The van der Waals surface area contributed by atoms with Crippen LogP contribution in [0.2, 0.25) is 0 Å². The van der Waals surface area contributed by atoms with Gasteiger partial charge in [0.15, 0.2) is 0 Å². The Kier molecular flexibility index (Phi) is 3.28. The minimum atomic E-state index is -0.276. The Morgan fingerprint density at radius 2 is 1.90 bits per heavy atom. The molecule has 1 aromatic heterocycles. The van der Waals surface area contributed by atoms with Gasteiger partial charge in [-0.2, -0.15) is 0 Å². The van der Waals surface area contributed by atoms with Crippen molar-refractivity contribution in [3.63, 3.8) is 0 Å². The van der Waals surface area contributed by atoms with Crippen molar-refractivity contribution < 1.29 is 9.53 Å². The molecule has 0 aliphatic carbocycles. The second-order valence-corrected chi connectivity index (χ2v) is 5.77. The standard InChI is InChI=1S/C17H14O2S/c1-11-5-3-6-12(9-11)13-7-4-8-15-14(13)10-16(20-15)17(18)19-2/h3-10H,1-2H3. The fraction of sp³-hybridized carbons (Fsp3) is 0.118. The van der Waals surface area contributed by atoms with Gasteiger partial charge >= 0.3 is 5.97 Å². The Bertz CT molecular complexity index is 787. The van der Waals surface area contributed by atoms with Crippen LogP contribution in [0.25, 0.3) is 21.2 Å². The minimum absolute atomic E-state index is 0.276. The molecule has 0 aliphatic heterocycles. The third-order valence-corrected chi connectivity index (χ3v) is 4.36. The molecule has 0 fully saturated rings. The van der Waals surface area contributed by atoms with E-state index in [0.717, 1.165) is 15.6 Å². The first-order valence-corrected chi connectivity index (χ1v) is 7.18. The lowest BCUT2D eigenvalue weighted by Gasteiger charge is -2.04. The number of hydrogen-bond acceptors (Lipinski definition) is 3. The molecule has 3 aromatic rings. The van der Waals surface area contributed by atoms with E-state index >= 15 is 0 Å². The van der Waals surface area contributed by atoms with E-state index in [-0.39, 0.29) is 5.97 Å². The third kappa shape index (κ3) is 2.21. The zero-order chi connectivity index (χ0) is 14.1. The zero-order valence-corrected chi connectivity index (χ0v) is 12.2. The Morgan fingerprint density at radius 3 is 2.65 bits per heavy atom. The van der Waals surface area contributed by atoms with Gasteiger partial charge in [0.25, 0.3) is 0 Å². The predicted octanol–water partition coefficient (Wildman–Crippen LogP) is 4.66. The van der Waals surface area contributed by atoms with Crippen molar-refractivity contribution in [2.45, 2.75) is 6.92 Å². The van der Waals surface area contributed by atoms with Crippen LogP contribution >= 0.6 is 11.3 Å². The summed E-state index contributed by atoms with van der Waals surface area (Å²) in [5.74, 6) is -0.276. The summed E-state index contributed by atoms with van der Waals surface area (Å²) in [6.07, 6.45) is 0. The Labute approximate surface area is 121 Å². The number of methoxy groups -OCH3 is 1. The highest BCUT2D eigenvalue weighted by atomic mass is 32.1. The summed E-state index contributed by atoms with van der Waals surface area (Å²) in [5, 5.41) is 1.10. The molecule has 0 amide bonds. The SMILES string of the molecule is COC(=O)c1cc2c(-c3cccc(C)c3)cccc2s1. The van der Waals surface area contributed by atoms with E-state index in [9.17, 15) is 4.79 Å². The highest BCUT2D eigenvalue weighted by molar-refractivity contribution is 7.20. The molecular weight excluding hydrogens is 268 g/mol. The van der Waals surface area contributed by atoms with Gasteiger partial charge in [-0.25, -0.2) is 4.79 Å². The van der Waals surface area contributed by atoms with Gasteiger partial charge in [-0.3, -0.25) is 0 Å². The van der Waals surface area contributed by atoms with Gasteiger partial charge in [-0.15, -0.1) is 11.3 Å². The molecule has 0 atom stereocenters. The molecule has 0 aliphatic rings. The van der Waals surface area contributed by atoms with E-state index in [0.29, 0.717) is 4.88 Å². The van der Waals surface area contributed by atoms with Crippen LogP contribution in [0.4, 0.5) is 0 Å². The lowest BCUT2D eigenvalue weighted by atomic mass is 10.0. The molecule has 2 nitrogen and oxygen atoms in total. The molecule has 20 heavy (non-hydrogen) atoms. The molecular formula is C17H14O2S. The van der Waals surface area contributed by atoms with Crippen molar-refractivity contribution in [2.75, 3.05) is 7.11 Å². The van der Waals surface area contributed by atoms with Crippen molar-refractivity contribution in [1.29, 1.82) is 0 Å². The van der Waals surface area contributed by atoms with E-state index < -0.39 is 0 Å². The maximum atomic E-state index is 11.7. The van der Waals surface area contributed by atoms with Crippen LogP contribution in [0.15, 0.2) is 48.5 Å². The number of carbonyl (C=O) groups excluding carboxylic acids is 1. The topological polar surface area (TPSA) is 26.3 Å². The van der Waals surface area contributed by atoms with Gasteiger partial charge in [0.2, 0.25) is 0 Å². The first-order chi connectivity index (χ1) is 9.69. The predicted molar refractivity (Wildman–Crippen MR) is 83.3 cm³/mol. The van der Waals surface area contributed by atoms with E-state index in [1.54, 1.807) is 0 Å². The monoisotopic (exact) mass is 282 g/mol. The fourth-order valence-electron chi connectivity index (χ4n) is 2.33. The van der Waals surface area contributed by atoms with E-state index in [1.807, 2.05) is 18.2 Å². The lowest BCUT2D eigenvalue weighted by molar-refractivity contribution is 0.0606. The Hall–Kier alpha value is -2.13. The van der Waals surface area contributed by atoms with Crippen molar-refractivity contribution >= 4 is 27.4 Å². The van der Waals surface area contributed by atoms with Crippen LogP contribution in [0.1, 0.15) is 15.2 Å². The average molecular weight is 282 g/mol. The molecule has 3 heteroatoms. The van der Waals surface area contributed by atoms with Gasteiger partial charge in [0.1, 0.15) is 4.88 Å². The van der Waals surface area contributed by atoms with E-state index in [1.165, 1.54) is 29.6 Å². The summed E-state index contributed by atoms with van der Waals surface area (Å²) in [5.41, 5.74) is 3.55. The maximum Gasteiger partial charge on any atom is 0.348 e. The highest BCUT2D eigenvalue weighted by Crippen LogP contribution is 2.34. The summed E-state index contributed by atoms with van der Waals surface area (Å²) in [6.45, 7) is 2.08. The number of hydrogen-bond donors (Lipinski definition) is 0. The summed E-state index contributed by atoms with van der Waals surface area (Å²) in [7, 11) is 1.41. The number of carbonyl (C=O) groups is 1. The summed E-state index contributed by atoms with van der Waals surface area (Å²) in [6, 6.07) is 16.5. The Balaban J connectivity index is 2.21. The van der Waals surface area contributed by atoms with Crippen molar-refractivity contribution in [3.8, 4) is 11.1 Å². The number of esters is 1. The fourth-order valence-corrected chi connectivity index (χ4v) is 3.33. The third-order valence-electron chi connectivity index (χ3n) is 3.28. The van der Waals surface area contributed by atoms with Crippen LogP contribution in [0.5, 0.6) is 0 Å². The molecule has 2 aromatic carbocycles. The molecule has 0 N–H and O–H groups in total. The minimum Gasteiger partial charge on any atom is -0.465 e. The zero-order valence-electron chi connectivity index (χ0n) is 11.3.